The highest BCUT2D eigenvalue weighted by Gasteiger charge is 2.40. The van der Waals surface area contributed by atoms with E-state index < -0.39 is 0 Å². The van der Waals surface area contributed by atoms with Crippen LogP contribution in [0, 0.1) is 19.3 Å². The van der Waals surface area contributed by atoms with E-state index in [0.717, 1.165) is 6.54 Å². The number of aryl methyl sites for hydroxylation is 2. The highest BCUT2D eigenvalue weighted by Crippen LogP contribution is 2.36. The smallest absolute Gasteiger partial charge is 0.0641 e. The molecule has 1 aromatic heterocycles. The van der Waals surface area contributed by atoms with Gasteiger partial charge in [-0.05, 0) is 45.2 Å². The first-order valence-electron chi connectivity index (χ1n) is 7.02. The van der Waals surface area contributed by atoms with Gasteiger partial charge in [0.25, 0.3) is 0 Å². The van der Waals surface area contributed by atoms with Gasteiger partial charge in [0.2, 0.25) is 0 Å². The van der Waals surface area contributed by atoms with Crippen molar-refractivity contribution in [1.82, 2.24) is 20.0 Å². The Hall–Kier alpha value is -0.580. The predicted molar refractivity (Wildman–Crippen MR) is 79.7 cm³/mol. The first-order chi connectivity index (χ1) is 8.60. The van der Waals surface area contributed by atoms with Gasteiger partial charge < -0.3 is 5.32 Å². The number of rotatable bonds is 2. The van der Waals surface area contributed by atoms with E-state index in [4.69, 9.17) is 0 Å². The van der Waals surface area contributed by atoms with Gasteiger partial charge in [-0.25, -0.2) is 0 Å². The third-order valence-corrected chi connectivity index (χ3v) is 4.89. The number of hydrogen-bond donors (Lipinski definition) is 1. The molecule has 0 radical (unpaired) electrons. The molecule has 1 N–H and O–H groups in total. The Balaban J connectivity index is 0.00000133. The summed E-state index contributed by atoms with van der Waals surface area (Å²) in [6.07, 6.45) is 2.72. The molecule has 0 aliphatic carbocycles. The number of nitrogens with one attached hydrogen (secondary N) is 1. The highest BCUT2D eigenvalue weighted by molar-refractivity contribution is 5.85. The molecule has 4 nitrogen and oxygen atoms in total. The highest BCUT2D eigenvalue weighted by atomic mass is 35.5. The normalized spacial score (nSPS) is 27.1. The summed E-state index contributed by atoms with van der Waals surface area (Å²) >= 11 is 0. The first kappa shape index (κ1) is 14.8. The molecule has 0 bridgehead atoms. The molecule has 2 aliphatic heterocycles. The van der Waals surface area contributed by atoms with E-state index in [1.165, 1.54) is 56.0 Å². The van der Waals surface area contributed by atoms with Gasteiger partial charge in [-0.3, -0.25) is 9.58 Å². The molecule has 3 heterocycles. The Labute approximate surface area is 122 Å². The number of hydrogen-bond acceptors (Lipinski definition) is 3. The predicted octanol–water partition coefficient (Wildman–Crippen LogP) is 1.64. The zero-order valence-corrected chi connectivity index (χ0v) is 13.0. The van der Waals surface area contributed by atoms with E-state index in [2.05, 4.69) is 29.2 Å². The monoisotopic (exact) mass is 284 g/mol. The van der Waals surface area contributed by atoms with Crippen LogP contribution in [0.5, 0.6) is 0 Å². The molecule has 1 spiro atoms. The number of nitrogens with zero attached hydrogens (tertiary/aromatic N) is 3. The van der Waals surface area contributed by atoms with Crippen LogP contribution in [-0.2, 0) is 13.6 Å². The van der Waals surface area contributed by atoms with Gasteiger partial charge in [-0.2, -0.15) is 5.10 Å². The van der Waals surface area contributed by atoms with Gasteiger partial charge in [0.1, 0.15) is 0 Å². The van der Waals surface area contributed by atoms with Crippen molar-refractivity contribution in [2.24, 2.45) is 12.5 Å². The fourth-order valence-electron chi connectivity index (χ4n) is 3.58. The van der Waals surface area contributed by atoms with E-state index in [9.17, 15) is 0 Å². The van der Waals surface area contributed by atoms with Crippen molar-refractivity contribution >= 4 is 12.4 Å². The van der Waals surface area contributed by atoms with E-state index >= 15 is 0 Å². The third kappa shape index (κ3) is 2.67. The van der Waals surface area contributed by atoms with E-state index in [0.29, 0.717) is 5.41 Å². The molecule has 3 rings (SSSR count). The van der Waals surface area contributed by atoms with Crippen molar-refractivity contribution < 1.29 is 0 Å². The molecule has 0 amide bonds. The summed E-state index contributed by atoms with van der Waals surface area (Å²) in [4.78, 5) is 2.62. The van der Waals surface area contributed by atoms with Crippen molar-refractivity contribution in [1.29, 1.82) is 0 Å². The van der Waals surface area contributed by atoms with Gasteiger partial charge in [0.15, 0.2) is 0 Å². The second-order valence-corrected chi connectivity index (χ2v) is 6.16. The Kier molecular flexibility index (Phi) is 4.23. The van der Waals surface area contributed by atoms with E-state index in [1.54, 1.807) is 0 Å². The van der Waals surface area contributed by atoms with E-state index in [1.807, 2.05) is 11.7 Å². The molecule has 2 fully saturated rings. The standard InChI is InChI=1S/C14H24N4.ClH/c1-11-13(12(2)17(3)16-11)8-18-7-5-14(10-18)4-6-15-9-14;/h15H,4-10H2,1-3H3;1H. The van der Waals surface area contributed by atoms with Crippen LogP contribution in [0.2, 0.25) is 0 Å². The van der Waals surface area contributed by atoms with Crippen LogP contribution in [0.3, 0.4) is 0 Å². The molecule has 108 valence electrons. The zero-order chi connectivity index (χ0) is 12.8. The lowest BCUT2D eigenvalue weighted by Crippen LogP contribution is -2.29. The van der Waals surface area contributed by atoms with Crippen molar-refractivity contribution in [3.8, 4) is 0 Å². The molecule has 1 aromatic rings. The minimum Gasteiger partial charge on any atom is -0.316 e. The second kappa shape index (κ2) is 5.43. The van der Waals surface area contributed by atoms with Gasteiger partial charge >= 0.3 is 0 Å². The van der Waals surface area contributed by atoms with Crippen LogP contribution in [0.25, 0.3) is 0 Å². The average molecular weight is 285 g/mol. The van der Waals surface area contributed by atoms with Crippen molar-refractivity contribution in [3.63, 3.8) is 0 Å². The van der Waals surface area contributed by atoms with Crippen LogP contribution >= 0.6 is 12.4 Å². The Morgan fingerprint density at radius 2 is 2.11 bits per heavy atom. The quantitative estimate of drug-likeness (QED) is 0.896. The minimum absolute atomic E-state index is 0. The Bertz CT molecular complexity index is 449. The Morgan fingerprint density at radius 3 is 2.68 bits per heavy atom. The molecule has 2 saturated heterocycles. The number of halogens is 1. The molecular weight excluding hydrogens is 260 g/mol. The van der Waals surface area contributed by atoms with Crippen molar-refractivity contribution in [2.75, 3.05) is 26.2 Å². The van der Waals surface area contributed by atoms with Gasteiger partial charge in [0, 0.05) is 37.9 Å². The maximum absolute atomic E-state index is 4.52. The molecule has 1 unspecified atom stereocenters. The summed E-state index contributed by atoms with van der Waals surface area (Å²) in [5.74, 6) is 0. The molecule has 1 atom stereocenters. The minimum atomic E-state index is 0. The summed E-state index contributed by atoms with van der Waals surface area (Å²) in [6.45, 7) is 10.3. The molecule has 19 heavy (non-hydrogen) atoms. The van der Waals surface area contributed by atoms with Crippen LogP contribution in [0.15, 0.2) is 0 Å². The maximum atomic E-state index is 4.52. The molecule has 0 saturated carbocycles. The summed E-state index contributed by atoms with van der Waals surface area (Å²) in [5.41, 5.74) is 4.52. The van der Waals surface area contributed by atoms with E-state index in [-0.39, 0.29) is 12.4 Å². The average Bonchev–Trinajstić information content (AvgIpc) is 3.01. The fourth-order valence-corrected chi connectivity index (χ4v) is 3.58. The summed E-state index contributed by atoms with van der Waals surface area (Å²) in [5, 5.41) is 8.04. The lowest BCUT2D eigenvalue weighted by Gasteiger charge is -2.22. The second-order valence-electron chi connectivity index (χ2n) is 6.16. The summed E-state index contributed by atoms with van der Waals surface area (Å²) < 4.78 is 2.01. The SMILES string of the molecule is Cc1nn(C)c(C)c1CN1CCC2(CCNC2)C1.Cl. The molecule has 5 heteroatoms. The van der Waals surface area contributed by atoms with Gasteiger partial charge in [-0.15, -0.1) is 12.4 Å². The van der Waals surface area contributed by atoms with Gasteiger partial charge in [0.05, 0.1) is 5.69 Å². The van der Waals surface area contributed by atoms with Crippen LogP contribution < -0.4 is 5.32 Å². The van der Waals surface area contributed by atoms with Crippen LogP contribution in [-0.4, -0.2) is 40.9 Å². The fraction of sp³-hybridized carbons (Fsp3) is 0.786. The zero-order valence-electron chi connectivity index (χ0n) is 12.2. The Morgan fingerprint density at radius 1 is 1.32 bits per heavy atom. The third-order valence-electron chi connectivity index (χ3n) is 4.89. The molecular formula is C14H25ClN4. The van der Waals surface area contributed by atoms with Crippen molar-refractivity contribution in [3.05, 3.63) is 17.0 Å². The van der Waals surface area contributed by atoms with Gasteiger partial charge in [-0.1, -0.05) is 0 Å². The number of likely N-dealkylation sites (tertiary alicyclic amines) is 1. The van der Waals surface area contributed by atoms with Crippen LogP contribution in [0.4, 0.5) is 0 Å². The largest absolute Gasteiger partial charge is 0.316 e. The topological polar surface area (TPSA) is 33.1 Å². The van der Waals surface area contributed by atoms with Crippen LogP contribution in [0.1, 0.15) is 29.8 Å². The van der Waals surface area contributed by atoms with Crippen molar-refractivity contribution in [2.45, 2.75) is 33.2 Å². The molecule has 2 aliphatic rings. The lowest BCUT2D eigenvalue weighted by atomic mass is 9.86. The molecule has 0 aromatic carbocycles. The first-order valence-corrected chi connectivity index (χ1v) is 7.02. The summed E-state index contributed by atoms with van der Waals surface area (Å²) in [7, 11) is 2.04. The maximum Gasteiger partial charge on any atom is 0.0641 e. The number of aromatic nitrogens is 2. The summed E-state index contributed by atoms with van der Waals surface area (Å²) in [6, 6.07) is 0. The lowest BCUT2D eigenvalue weighted by molar-refractivity contribution is 0.268.